The zero-order chi connectivity index (χ0) is 20.8. The number of benzene rings is 2. The molecule has 2 amide bonds. The minimum Gasteiger partial charge on any atom is -0.352 e. The molecule has 2 aromatic carbocycles. The summed E-state index contributed by atoms with van der Waals surface area (Å²) in [7, 11) is 0. The number of aryl methyl sites for hydroxylation is 1. The molecule has 1 atom stereocenters. The van der Waals surface area contributed by atoms with E-state index in [1.54, 1.807) is 30.0 Å². The molecule has 1 unspecified atom stereocenters. The minimum absolute atomic E-state index is 0.00317. The maximum atomic E-state index is 13.1. The Morgan fingerprint density at radius 2 is 1.79 bits per heavy atom. The molecule has 0 aliphatic rings. The molecule has 0 saturated heterocycles. The van der Waals surface area contributed by atoms with Crippen molar-refractivity contribution < 1.29 is 9.59 Å². The number of nitrogens with one attached hydrogen (secondary N) is 1. The third-order valence-electron chi connectivity index (χ3n) is 4.39. The van der Waals surface area contributed by atoms with Gasteiger partial charge in [-0.05, 0) is 51.0 Å². The van der Waals surface area contributed by atoms with Crippen molar-refractivity contribution in [3.05, 3.63) is 69.2 Å². The molecule has 0 spiro atoms. The molecule has 0 aromatic heterocycles. The van der Waals surface area contributed by atoms with Crippen molar-refractivity contribution in [2.75, 3.05) is 0 Å². The van der Waals surface area contributed by atoms with Gasteiger partial charge in [-0.25, -0.2) is 0 Å². The van der Waals surface area contributed by atoms with Crippen LogP contribution in [-0.2, 0) is 22.6 Å². The van der Waals surface area contributed by atoms with Gasteiger partial charge in [0.1, 0.15) is 6.04 Å². The van der Waals surface area contributed by atoms with E-state index in [4.69, 9.17) is 23.2 Å². The van der Waals surface area contributed by atoms with E-state index in [-0.39, 0.29) is 24.3 Å². The summed E-state index contributed by atoms with van der Waals surface area (Å²) in [5.41, 5.74) is 2.76. The first-order chi connectivity index (χ1) is 13.2. The predicted octanol–water partition coefficient (Wildman–Crippen LogP) is 4.79. The number of carbonyl (C=O) groups excluding carboxylic acids is 2. The van der Waals surface area contributed by atoms with Crippen LogP contribution >= 0.6 is 23.2 Å². The Morgan fingerprint density at radius 1 is 1.07 bits per heavy atom. The third-order valence-corrected chi connectivity index (χ3v) is 4.98. The van der Waals surface area contributed by atoms with Gasteiger partial charge >= 0.3 is 0 Å². The Labute approximate surface area is 176 Å². The highest BCUT2D eigenvalue weighted by atomic mass is 35.5. The Morgan fingerprint density at radius 3 is 2.39 bits per heavy atom. The fourth-order valence-corrected chi connectivity index (χ4v) is 3.40. The summed E-state index contributed by atoms with van der Waals surface area (Å²) in [6, 6.07) is 12.4. The second-order valence-corrected chi connectivity index (χ2v) is 8.11. The van der Waals surface area contributed by atoms with Crippen LogP contribution in [0.3, 0.4) is 0 Å². The third kappa shape index (κ3) is 6.25. The summed E-state index contributed by atoms with van der Waals surface area (Å²) in [6.45, 7) is 7.88. The molecule has 6 heteroatoms. The van der Waals surface area contributed by atoms with Gasteiger partial charge in [0.15, 0.2) is 0 Å². The van der Waals surface area contributed by atoms with Crippen LogP contribution in [0.5, 0.6) is 0 Å². The zero-order valence-electron chi connectivity index (χ0n) is 16.6. The minimum atomic E-state index is -0.610. The zero-order valence-corrected chi connectivity index (χ0v) is 18.1. The molecule has 0 radical (unpaired) electrons. The second kappa shape index (κ2) is 9.94. The molecule has 0 fully saturated rings. The highest BCUT2D eigenvalue weighted by Gasteiger charge is 2.27. The summed E-state index contributed by atoms with van der Waals surface area (Å²) >= 11 is 12.2. The molecule has 28 heavy (non-hydrogen) atoms. The number of carbonyl (C=O) groups is 2. The van der Waals surface area contributed by atoms with Gasteiger partial charge in [-0.2, -0.15) is 0 Å². The van der Waals surface area contributed by atoms with Crippen LogP contribution in [0.25, 0.3) is 0 Å². The van der Waals surface area contributed by atoms with Crippen LogP contribution in [0.4, 0.5) is 0 Å². The standard InChI is InChI=1S/C22H26Cl2N2O2/c1-14(2)25-22(28)16(4)26(13-17-7-5-6-15(3)10-17)21(27)11-18-8-9-19(23)12-20(18)24/h5-10,12,14,16H,11,13H2,1-4H3,(H,25,28). The number of rotatable bonds is 7. The molecule has 4 nitrogen and oxygen atoms in total. The lowest BCUT2D eigenvalue weighted by Crippen LogP contribution is -2.49. The quantitative estimate of drug-likeness (QED) is 0.699. The van der Waals surface area contributed by atoms with Crippen LogP contribution in [0.1, 0.15) is 37.5 Å². The highest BCUT2D eigenvalue weighted by Crippen LogP contribution is 2.23. The van der Waals surface area contributed by atoms with Gasteiger partial charge in [-0.1, -0.05) is 59.1 Å². The van der Waals surface area contributed by atoms with Crippen molar-refractivity contribution in [3.63, 3.8) is 0 Å². The number of halogens is 2. The molecule has 0 aliphatic carbocycles. The maximum absolute atomic E-state index is 13.1. The van der Waals surface area contributed by atoms with E-state index in [2.05, 4.69) is 5.32 Å². The van der Waals surface area contributed by atoms with Gasteiger partial charge in [0.05, 0.1) is 6.42 Å². The molecule has 0 saturated carbocycles. The van der Waals surface area contributed by atoms with Crippen molar-refractivity contribution >= 4 is 35.0 Å². The van der Waals surface area contributed by atoms with Crippen LogP contribution in [-0.4, -0.2) is 28.8 Å². The van der Waals surface area contributed by atoms with E-state index in [9.17, 15) is 9.59 Å². The van der Waals surface area contributed by atoms with Gasteiger partial charge < -0.3 is 10.2 Å². The van der Waals surface area contributed by atoms with Crippen molar-refractivity contribution in [2.45, 2.75) is 52.7 Å². The van der Waals surface area contributed by atoms with Crippen molar-refractivity contribution in [2.24, 2.45) is 0 Å². The van der Waals surface area contributed by atoms with Crippen LogP contribution < -0.4 is 5.32 Å². The van der Waals surface area contributed by atoms with Gasteiger partial charge in [0, 0.05) is 22.6 Å². The lowest BCUT2D eigenvalue weighted by Gasteiger charge is -2.29. The van der Waals surface area contributed by atoms with E-state index in [1.807, 2.05) is 45.0 Å². The summed E-state index contributed by atoms with van der Waals surface area (Å²) in [6.07, 6.45) is 0.0983. The molecule has 150 valence electrons. The van der Waals surface area contributed by atoms with E-state index < -0.39 is 6.04 Å². The second-order valence-electron chi connectivity index (χ2n) is 7.26. The van der Waals surface area contributed by atoms with Crippen molar-refractivity contribution in [3.8, 4) is 0 Å². The van der Waals surface area contributed by atoms with Gasteiger partial charge in [0.2, 0.25) is 11.8 Å². The summed E-state index contributed by atoms with van der Waals surface area (Å²) < 4.78 is 0. The van der Waals surface area contributed by atoms with Crippen LogP contribution in [0, 0.1) is 6.92 Å². The lowest BCUT2D eigenvalue weighted by molar-refractivity contribution is -0.140. The number of amides is 2. The molecule has 1 N–H and O–H groups in total. The molecule has 0 heterocycles. The van der Waals surface area contributed by atoms with Crippen molar-refractivity contribution in [1.29, 1.82) is 0 Å². The number of hydrogen-bond donors (Lipinski definition) is 1. The van der Waals surface area contributed by atoms with E-state index >= 15 is 0 Å². The smallest absolute Gasteiger partial charge is 0.242 e. The molecule has 0 bridgehead atoms. The SMILES string of the molecule is Cc1cccc(CN(C(=O)Cc2ccc(Cl)cc2Cl)C(C)C(=O)NC(C)C)c1. The fourth-order valence-electron chi connectivity index (χ4n) is 2.92. The van der Waals surface area contributed by atoms with Gasteiger partial charge in [0.25, 0.3) is 0 Å². The normalized spacial score (nSPS) is 12.0. The molecule has 2 rings (SSSR count). The monoisotopic (exact) mass is 420 g/mol. The highest BCUT2D eigenvalue weighted by molar-refractivity contribution is 6.35. The van der Waals surface area contributed by atoms with E-state index in [0.717, 1.165) is 11.1 Å². The summed E-state index contributed by atoms with van der Waals surface area (Å²) in [5, 5.41) is 3.84. The largest absolute Gasteiger partial charge is 0.352 e. The molecule has 2 aromatic rings. The number of hydrogen-bond acceptors (Lipinski definition) is 2. The molecule has 0 aliphatic heterocycles. The Bertz CT molecular complexity index is 852. The Balaban J connectivity index is 2.27. The lowest BCUT2D eigenvalue weighted by atomic mass is 10.1. The van der Waals surface area contributed by atoms with Crippen molar-refractivity contribution in [1.82, 2.24) is 10.2 Å². The first-order valence-electron chi connectivity index (χ1n) is 9.26. The maximum Gasteiger partial charge on any atom is 0.242 e. The fraction of sp³-hybridized carbons (Fsp3) is 0.364. The topological polar surface area (TPSA) is 49.4 Å². The van der Waals surface area contributed by atoms with E-state index in [0.29, 0.717) is 22.2 Å². The van der Waals surface area contributed by atoms with Gasteiger partial charge in [-0.15, -0.1) is 0 Å². The molecular weight excluding hydrogens is 395 g/mol. The summed E-state index contributed by atoms with van der Waals surface area (Å²) in [4.78, 5) is 27.3. The predicted molar refractivity (Wildman–Crippen MR) is 115 cm³/mol. The van der Waals surface area contributed by atoms with Gasteiger partial charge in [-0.3, -0.25) is 9.59 Å². The first-order valence-corrected chi connectivity index (χ1v) is 10.0. The van der Waals surface area contributed by atoms with Crippen LogP contribution in [0.2, 0.25) is 10.0 Å². The van der Waals surface area contributed by atoms with E-state index in [1.165, 1.54) is 0 Å². The average Bonchev–Trinajstić information content (AvgIpc) is 2.61. The number of nitrogens with zero attached hydrogens (tertiary/aromatic N) is 1. The van der Waals surface area contributed by atoms with Crippen LogP contribution in [0.15, 0.2) is 42.5 Å². The average molecular weight is 421 g/mol. The Kier molecular flexibility index (Phi) is 7.90. The Hall–Kier alpha value is -2.04. The first kappa shape index (κ1) is 22.3. The molecular formula is C22H26Cl2N2O2. The summed E-state index contributed by atoms with van der Waals surface area (Å²) in [5.74, 6) is -0.352.